The highest BCUT2D eigenvalue weighted by Gasteiger charge is 2.36. The number of hydrogen-bond acceptors (Lipinski definition) is 6. The predicted octanol–water partition coefficient (Wildman–Crippen LogP) is 2.75. The quantitative estimate of drug-likeness (QED) is 0.443. The van der Waals surface area contributed by atoms with E-state index in [0.29, 0.717) is 11.4 Å². The molecule has 1 aliphatic heterocycles. The highest BCUT2D eigenvalue weighted by Crippen LogP contribution is 2.28. The Morgan fingerprint density at radius 3 is 2.70 bits per heavy atom. The number of aryl methyl sites for hydroxylation is 1. The van der Waals surface area contributed by atoms with Crippen LogP contribution in [0.3, 0.4) is 0 Å². The average Bonchev–Trinajstić information content (AvgIpc) is 3.11. The molecule has 1 N–H and O–H groups in total. The molecule has 9 nitrogen and oxygen atoms in total. The average molecular weight is 411 g/mol. The summed E-state index contributed by atoms with van der Waals surface area (Å²) in [7, 11) is 0. The number of carbonyl (C=O) groups excluding carboxylic acids is 3. The van der Waals surface area contributed by atoms with Gasteiger partial charge < -0.3 is 15.0 Å². The van der Waals surface area contributed by atoms with E-state index in [1.807, 2.05) is 26.0 Å². The zero-order chi connectivity index (χ0) is 21.8. The molecule has 1 aliphatic rings. The van der Waals surface area contributed by atoms with Crippen molar-refractivity contribution in [2.24, 2.45) is 5.92 Å². The third kappa shape index (κ3) is 4.62. The number of nitrogens with zero attached hydrogens (tertiary/aromatic N) is 2. The molecule has 1 fully saturated rings. The molecular weight excluding hydrogens is 390 g/mol. The fourth-order valence-corrected chi connectivity index (χ4v) is 3.22. The molecule has 0 radical (unpaired) electrons. The minimum absolute atomic E-state index is 0.0391. The molecular formula is C21H21N3O6. The van der Waals surface area contributed by atoms with Gasteiger partial charge in [-0.15, -0.1) is 0 Å². The maximum atomic E-state index is 12.3. The molecule has 2 aromatic rings. The van der Waals surface area contributed by atoms with Gasteiger partial charge in [0.1, 0.15) is 0 Å². The first-order valence-electron chi connectivity index (χ1n) is 9.34. The molecule has 2 aromatic carbocycles. The number of nitro benzene ring substituents is 1. The van der Waals surface area contributed by atoms with Gasteiger partial charge in [-0.2, -0.15) is 0 Å². The van der Waals surface area contributed by atoms with Gasteiger partial charge in [0.05, 0.1) is 16.5 Å². The van der Waals surface area contributed by atoms with Crippen LogP contribution in [0.5, 0.6) is 0 Å². The largest absolute Gasteiger partial charge is 0.455 e. The maximum absolute atomic E-state index is 12.3. The summed E-state index contributed by atoms with van der Waals surface area (Å²) in [6, 6.07) is 11.1. The van der Waals surface area contributed by atoms with Crippen LogP contribution in [0.2, 0.25) is 0 Å². The molecule has 0 saturated carbocycles. The smallest absolute Gasteiger partial charge is 0.311 e. The van der Waals surface area contributed by atoms with E-state index in [-0.39, 0.29) is 24.6 Å². The lowest BCUT2D eigenvalue weighted by Gasteiger charge is -2.16. The molecule has 3 rings (SSSR count). The van der Waals surface area contributed by atoms with E-state index in [9.17, 15) is 24.5 Å². The molecule has 9 heteroatoms. The fourth-order valence-electron chi connectivity index (χ4n) is 3.22. The number of esters is 1. The molecule has 1 saturated heterocycles. The Bertz CT molecular complexity index is 1020. The summed E-state index contributed by atoms with van der Waals surface area (Å²) in [5.41, 5.74) is 2.79. The number of hydrogen-bond donors (Lipinski definition) is 1. The van der Waals surface area contributed by atoms with Crippen molar-refractivity contribution < 1.29 is 24.0 Å². The number of nitro groups is 1. The topological polar surface area (TPSA) is 119 Å². The van der Waals surface area contributed by atoms with Gasteiger partial charge in [-0.3, -0.25) is 24.5 Å². The van der Waals surface area contributed by atoms with Crippen LogP contribution in [0.25, 0.3) is 0 Å². The summed E-state index contributed by atoms with van der Waals surface area (Å²) in [6.45, 7) is 3.38. The number of anilines is 2. The van der Waals surface area contributed by atoms with E-state index in [1.165, 1.54) is 23.1 Å². The lowest BCUT2D eigenvalue weighted by atomic mass is 10.1. The molecule has 0 bridgehead atoms. The van der Waals surface area contributed by atoms with Crippen molar-refractivity contribution in [3.8, 4) is 0 Å². The van der Waals surface area contributed by atoms with Gasteiger partial charge in [0.15, 0.2) is 6.61 Å². The van der Waals surface area contributed by atoms with Gasteiger partial charge in [0.2, 0.25) is 5.91 Å². The van der Waals surface area contributed by atoms with Gasteiger partial charge in [0.25, 0.3) is 11.6 Å². The highest BCUT2D eigenvalue weighted by atomic mass is 16.6. The van der Waals surface area contributed by atoms with Gasteiger partial charge in [-0.25, -0.2) is 0 Å². The van der Waals surface area contributed by atoms with E-state index >= 15 is 0 Å². The van der Waals surface area contributed by atoms with E-state index < -0.39 is 29.3 Å². The monoisotopic (exact) mass is 411 g/mol. The summed E-state index contributed by atoms with van der Waals surface area (Å²) >= 11 is 0. The summed E-state index contributed by atoms with van der Waals surface area (Å²) in [4.78, 5) is 48.4. The molecule has 0 aliphatic carbocycles. The van der Waals surface area contributed by atoms with Crippen molar-refractivity contribution in [1.29, 1.82) is 0 Å². The zero-order valence-corrected chi connectivity index (χ0v) is 16.6. The lowest BCUT2D eigenvalue weighted by molar-refractivity contribution is -0.384. The number of amides is 2. The third-order valence-electron chi connectivity index (χ3n) is 5.03. The van der Waals surface area contributed by atoms with Crippen molar-refractivity contribution >= 4 is 34.8 Å². The first-order chi connectivity index (χ1) is 14.3. The lowest BCUT2D eigenvalue weighted by Crippen LogP contribution is -2.28. The molecule has 1 unspecified atom stereocenters. The standard InChI is InChI=1S/C21H21N3O6/c1-13-5-3-8-18(14(13)2)22-19(25)12-30-21(27)15-9-20(26)23(11-15)16-6-4-7-17(10-16)24(28)29/h3-8,10,15H,9,11-12H2,1-2H3,(H,22,25). The van der Waals surface area contributed by atoms with Crippen LogP contribution >= 0.6 is 0 Å². The van der Waals surface area contributed by atoms with Gasteiger partial charge in [-0.05, 0) is 37.1 Å². The van der Waals surface area contributed by atoms with Crippen molar-refractivity contribution in [2.75, 3.05) is 23.4 Å². The molecule has 0 spiro atoms. The summed E-state index contributed by atoms with van der Waals surface area (Å²) in [6.07, 6.45) is -0.0832. The van der Waals surface area contributed by atoms with E-state index in [2.05, 4.69) is 5.32 Å². The number of carbonyl (C=O) groups is 3. The molecule has 2 amide bonds. The van der Waals surface area contributed by atoms with Crippen LogP contribution in [0, 0.1) is 29.9 Å². The van der Waals surface area contributed by atoms with Crippen LogP contribution in [-0.2, 0) is 19.1 Å². The van der Waals surface area contributed by atoms with Gasteiger partial charge >= 0.3 is 5.97 Å². The Kier molecular flexibility index (Phi) is 6.10. The maximum Gasteiger partial charge on any atom is 0.311 e. The number of benzene rings is 2. The van der Waals surface area contributed by atoms with E-state index in [4.69, 9.17) is 4.74 Å². The molecule has 1 atom stereocenters. The molecule has 1 heterocycles. The third-order valence-corrected chi connectivity index (χ3v) is 5.03. The van der Waals surface area contributed by atoms with Crippen LogP contribution in [-0.4, -0.2) is 35.9 Å². The highest BCUT2D eigenvalue weighted by molar-refractivity contribution is 6.00. The minimum Gasteiger partial charge on any atom is -0.455 e. The number of ether oxygens (including phenoxy) is 1. The Balaban J connectivity index is 1.57. The summed E-state index contributed by atoms with van der Waals surface area (Å²) in [5.74, 6) is -2.22. The molecule has 0 aromatic heterocycles. The van der Waals surface area contributed by atoms with Crippen molar-refractivity contribution in [3.63, 3.8) is 0 Å². The minimum atomic E-state index is -0.745. The van der Waals surface area contributed by atoms with Crippen molar-refractivity contribution in [2.45, 2.75) is 20.3 Å². The normalized spacial score (nSPS) is 15.7. The van der Waals surface area contributed by atoms with Crippen LogP contribution in [0.15, 0.2) is 42.5 Å². The fraction of sp³-hybridized carbons (Fsp3) is 0.286. The van der Waals surface area contributed by atoms with Crippen molar-refractivity contribution in [3.05, 3.63) is 63.7 Å². The SMILES string of the molecule is Cc1cccc(NC(=O)COC(=O)C2CC(=O)N(c3cccc([N+](=O)[O-])c3)C2)c1C. The second kappa shape index (κ2) is 8.73. The second-order valence-electron chi connectivity index (χ2n) is 7.09. The van der Waals surface area contributed by atoms with Crippen LogP contribution in [0.4, 0.5) is 17.1 Å². The van der Waals surface area contributed by atoms with Crippen LogP contribution < -0.4 is 10.2 Å². The van der Waals surface area contributed by atoms with E-state index in [0.717, 1.165) is 11.1 Å². The molecule has 156 valence electrons. The zero-order valence-electron chi connectivity index (χ0n) is 16.6. The van der Waals surface area contributed by atoms with E-state index in [1.54, 1.807) is 12.1 Å². The predicted molar refractivity (Wildman–Crippen MR) is 109 cm³/mol. The summed E-state index contributed by atoms with van der Waals surface area (Å²) < 4.78 is 5.09. The number of non-ortho nitro benzene ring substituents is 1. The van der Waals surface area contributed by atoms with Gasteiger partial charge in [0, 0.05) is 30.8 Å². The van der Waals surface area contributed by atoms with Crippen molar-refractivity contribution in [1.82, 2.24) is 0 Å². The Morgan fingerprint density at radius 2 is 1.97 bits per heavy atom. The Hall–Kier alpha value is -3.75. The Labute approximate surface area is 172 Å². The number of nitrogens with one attached hydrogen (secondary N) is 1. The molecule has 30 heavy (non-hydrogen) atoms. The second-order valence-corrected chi connectivity index (χ2v) is 7.09. The summed E-state index contributed by atoms with van der Waals surface area (Å²) in [5, 5.41) is 13.6. The first-order valence-corrected chi connectivity index (χ1v) is 9.34. The first kappa shape index (κ1) is 21.0. The Morgan fingerprint density at radius 1 is 1.23 bits per heavy atom. The number of rotatable bonds is 6. The van der Waals surface area contributed by atoms with Crippen LogP contribution in [0.1, 0.15) is 17.5 Å². The van der Waals surface area contributed by atoms with Gasteiger partial charge in [-0.1, -0.05) is 18.2 Å².